The van der Waals surface area contributed by atoms with Gasteiger partial charge in [0.1, 0.15) is 21.5 Å². The Hall–Kier alpha value is -0.620. The zero-order valence-electron chi connectivity index (χ0n) is 12.3. The van der Waals surface area contributed by atoms with E-state index < -0.39 is 15.4 Å². The minimum absolute atomic E-state index is 0.171. The maximum atomic E-state index is 12.0. The van der Waals surface area contributed by atoms with Gasteiger partial charge >= 0.3 is 5.97 Å². The molecule has 0 amide bonds. The second-order valence-corrected chi connectivity index (χ2v) is 8.47. The van der Waals surface area contributed by atoms with Gasteiger partial charge in [-0.25, -0.2) is 8.42 Å². The summed E-state index contributed by atoms with van der Waals surface area (Å²) in [5, 5.41) is 0. The Kier molecular flexibility index (Phi) is 5.38. The Balaban J connectivity index is 2.48. The average molecular weight is 291 g/mol. The molecule has 1 atom stereocenters. The minimum atomic E-state index is -2.93. The zero-order chi connectivity index (χ0) is 14.7. The summed E-state index contributed by atoms with van der Waals surface area (Å²) in [6.07, 6.45) is 3.57. The van der Waals surface area contributed by atoms with Crippen molar-refractivity contribution in [2.45, 2.75) is 51.7 Å². The number of carbonyl (C=O) groups is 1. The van der Waals surface area contributed by atoms with Gasteiger partial charge in [0.15, 0.2) is 0 Å². The van der Waals surface area contributed by atoms with Crippen LogP contribution in [0.25, 0.3) is 0 Å². The molecular formula is C13H25NO4S. The first-order valence-corrected chi connectivity index (χ1v) is 8.79. The summed E-state index contributed by atoms with van der Waals surface area (Å²) in [4.78, 5) is 14.1. The molecule has 0 aromatic carbocycles. The number of esters is 1. The van der Waals surface area contributed by atoms with Gasteiger partial charge in [-0.3, -0.25) is 9.69 Å². The number of hydrogen-bond acceptors (Lipinski definition) is 5. The highest BCUT2D eigenvalue weighted by Gasteiger charge is 2.33. The highest BCUT2D eigenvalue weighted by Crippen LogP contribution is 2.21. The predicted molar refractivity (Wildman–Crippen MR) is 74.8 cm³/mol. The second-order valence-electron chi connectivity index (χ2n) is 6.21. The number of likely N-dealkylation sites (tertiary alicyclic amines) is 1. The largest absolute Gasteiger partial charge is 0.459 e. The Bertz CT molecular complexity index is 411. The van der Waals surface area contributed by atoms with Crippen LogP contribution in [-0.4, -0.2) is 56.0 Å². The third-order valence-corrected chi connectivity index (χ3v) is 4.03. The van der Waals surface area contributed by atoms with Crippen molar-refractivity contribution in [1.29, 1.82) is 0 Å². The maximum Gasteiger partial charge on any atom is 0.323 e. The molecule has 0 saturated carbocycles. The van der Waals surface area contributed by atoms with Crippen LogP contribution in [0.5, 0.6) is 0 Å². The van der Waals surface area contributed by atoms with Crippen molar-refractivity contribution in [3.05, 3.63) is 0 Å². The van der Waals surface area contributed by atoms with Crippen LogP contribution in [0.4, 0.5) is 0 Å². The first-order valence-electron chi connectivity index (χ1n) is 6.73. The molecule has 112 valence electrons. The van der Waals surface area contributed by atoms with E-state index in [1.165, 1.54) is 6.26 Å². The van der Waals surface area contributed by atoms with Crippen molar-refractivity contribution >= 4 is 15.8 Å². The lowest BCUT2D eigenvalue weighted by molar-refractivity contribution is -0.160. The molecule has 1 saturated heterocycles. The Morgan fingerprint density at radius 1 is 1.37 bits per heavy atom. The molecule has 0 bridgehead atoms. The minimum Gasteiger partial charge on any atom is -0.459 e. The lowest BCUT2D eigenvalue weighted by atomic mass is 10.1. The van der Waals surface area contributed by atoms with Crippen molar-refractivity contribution in [3.63, 3.8) is 0 Å². The quantitative estimate of drug-likeness (QED) is 0.713. The third kappa shape index (κ3) is 6.38. The van der Waals surface area contributed by atoms with Crippen molar-refractivity contribution < 1.29 is 17.9 Å². The van der Waals surface area contributed by atoms with E-state index in [9.17, 15) is 13.2 Å². The van der Waals surface area contributed by atoms with E-state index in [2.05, 4.69) is 0 Å². The van der Waals surface area contributed by atoms with Crippen LogP contribution in [0.1, 0.15) is 40.0 Å². The standard InChI is InChI=1S/C13H25NO4S/c1-13(2,3)18-12(15)11-7-5-8-14(11)9-6-10-19(4,16)17/h11H,5-10H2,1-4H3/t11-/m1/s1. The van der Waals surface area contributed by atoms with Crippen LogP contribution in [-0.2, 0) is 19.4 Å². The molecule has 1 heterocycles. The van der Waals surface area contributed by atoms with Gasteiger partial charge in [-0.2, -0.15) is 0 Å². The number of hydrogen-bond donors (Lipinski definition) is 0. The summed E-state index contributed by atoms with van der Waals surface area (Å²) in [6.45, 7) is 7.04. The summed E-state index contributed by atoms with van der Waals surface area (Å²) in [7, 11) is -2.93. The molecule has 1 fully saturated rings. The van der Waals surface area contributed by atoms with E-state index in [1.54, 1.807) is 0 Å². The van der Waals surface area contributed by atoms with Crippen molar-refractivity contribution in [2.24, 2.45) is 0 Å². The summed E-state index contributed by atoms with van der Waals surface area (Å²) in [6, 6.07) is -0.209. The molecule has 0 aliphatic carbocycles. The van der Waals surface area contributed by atoms with E-state index in [0.717, 1.165) is 19.4 Å². The predicted octanol–water partition coefficient (Wildman–Crippen LogP) is 1.23. The summed E-state index contributed by atoms with van der Waals surface area (Å²) < 4.78 is 27.6. The molecule has 0 aromatic rings. The monoisotopic (exact) mass is 291 g/mol. The van der Waals surface area contributed by atoms with Crippen LogP contribution < -0.4 is 0 Å². The number of nitrogens with zero attached hydrogens (tertiary/aromatic N) is 1. The van der Waals surface area contributed by atoms with Crippen LogP contribution in [0.3, 0.4) is 0 Å². The zero-order valence-corrected chi connectivity index (χ0v) is 13.1. The molecule has 1 aliphatic heterocycles. The Morgan fingerprint density at radius 2 is 2.00 bits per heavy atom. The molecule has 5 nitrogen and oxygen atoms in total. The molecule has 0 unspecified atom stereocenters. The number of ether oxygens (including phenoxy) is 1. The fourth-order valence-electron chi connectivity index (χ4n) is 2.26. The van der Waals surface area contributed by atoms with Gasteiger partial charge in [0, 0.05) is 6.26 Å². The number of carbonyl (C=O) groups excluding carboxylic acids is 1. The van der Waals surface area contributed by atoms with E-state index in [4.69, 9.17) is 4.74 Å². The molecule has 0 N–H and O–H groups in total. The van der Waals surface area contributed by atoms with Crippen LogP contribution in [0, 0.1) is 0 Å². The van der Waals surface area contributed by atoms with Crippen molar-refractivity contribution in [3.8, 4) is 0 Å². The van der Waals surface area contributed by atoms with Crippen LogP contribution >= 0.6 is 0 Å². The maximum absolute atomic E-state index is 12.0. The van der Waals surface area contributed by atoms with E-state index >= 15 is 0 Å². The topological polar surface area (TPSA) is 63.7 Å². The van der Waals surface area contributed by atoms with Gasteiger partial charge < -0.3 is 4.74 Å². The van der Waals surface area contributed by atoms with Gasteiger partial charge in [0.2, 0.25) is 0 Å². The fourth-order valence-corrected chi connectivity index (χ4v) is 2.91. The van der Waals surface area contributed by atoms with E-state index in [-0.39, 0.29) is 17.8 Å². The highest BCUT2D eigenvalue weighted by molar-refractivity contribution is 7.90. The molecular weight excluding hydrogens is 266 g/mol. The second kappa shape index (κ2) is 6.22. The molecule has 1 aliphatic rings. The van der Waals surface area contributed by atoms with Gasteiger partial charge in [-0.15, -0.1) is 0 Å². The normalized spacial score (nSPS) is 21.6. The summed E-state index contributed by atoms with van der Waals surface area (Å²) >= 11 is 0. The molecule has 19 heavy (non-hydrogen) atoms. The van der Waals surface area contributed by atoms with Crippen molar-refractivity contribution in [2.75, 3.05) is 25.1 Å². The van der Waals surface area contributed by atoms with Gasteiger partial charge in [-0.05, 0) is 53.1 Å². The first kappa shape index (κ1) is 16.4. The molecule has 0 spiro atoms. The van der Waals surface area contributed by atoms with Gasteiger partial charge in [0.05, 0.1) is 5.75 Å². The third-order valence-electron chi connectivity index (χ3n) is 3.00. The molecule has 1 rings (SSSR count). The first-order chi connectivity index (χ1) is 8.58. The summed E-state index contributed by atoms with van der Waals surface area (Å²) in [5.41, 5.74) is -0.474. The van der Waals surface area contributed by atoms with Crippen molar-refractivity contribution in [1.82, 2.24) is 4.90 Å². The van der Waals surface area contributed by atoms with E-state index in [1.807, 2.05) is 25.7 Å². The highest BCUT2D eigenvalue weighted by atomic mass is 32.2. The lowest BCUT2D eigenvalue weighted by Gasteiger charge is -2.27. The smallest absolute Gasteiger partial charge is 0.323 e. The Labute approximate surface area is 116 Å². The average Bonchev–Trinajstić information content (AvgIpc) is 2.61. The number of sulfone groups is 1. The molecule has 6 heteroatoms. The van der Waals surface area contributed by atoms with Gasteiger partial charge in [0.25, 0.3) is 0 Å². The SMILES string of the molecule is CC(C)(C)OC(=O)[C@H]1CCCN1CCCS(C)(=O)=O. The number of rotatable bonds is 5. The summed E-state index contributed by atoms with van der Waals surface area (Å²) in [5.74, 6) is -0.0192. The molecule has 0 aromatic heterocycles. The van der Waals surface area contributed by atoms with Crippen LogP contribution in [0.2, 0.25) is 0 Å². The van der Waals surface area contributed by atoms with Crippen LogP contribution in [0.15, 0.2) is 0 Å². The van der Waals surface area contributed by atoms with Gasteiger partial charge in [-0.1, -0.05) is 0 Å². The van der Waals surface area contributed by atoms with E-state index in [0.29, 0.717) is 13.0 Å². The Morgan fingerprint density at radius 3 is 2.53 bits per heavy atom. The lowest BCUT2D eigenvalue weighted by Crippen LogP contribution is -2.41. The fraction of sp³-hybridized carbons (Fsp3) is 0.923. The molecule has 0 radical (unpaired) electrons.